The van der Waals surface area contributed by atoms with Crippen molar-refractivity contribution in [3.05, 3.63) is 35.6 Å². The van der Waals surface area contributed by atoms with Crippen molar-refractivity contribution in [2.75, 3.05) is 26.8 Å². The standard InChI is InChI=1S/C16H24FN3O/c1-3-15(19)16(13-6-4-7-14(17)12-13)20(9-5-8-18)10-11-21-2/h4,6-7,12,15-16H,3,5,9-11,19H2,1-2H3. The van der Waals surface area contributed by atoms with E-state index in [0.29, 0.717) is 26.1 Å². The van der Waals surface area contributed by atoms with Crippen LogP contribution in [0.5, 0.6) is 0 Å². The van der Waals surface area contributed by atoms with Crippen molar-refractivity contribution in [3.8, 4) is 6.07 Å². The summed E-state index contributed by atoms with van der Waals surface area (Å²) in [5, 5.41) is 8.83. The Balaban J connectivity index is 3.03. The summed E-state index contributed by atoms with van der Waals surface area (Å²) in [5.74, 6) is -0.271. The van der Waals surface area contributed by atoms with Crippen molar-refractivity contribution >= 4 is 0 Å². The molecule has 0 fully saturated rings. The molecule has 0 spiro atoms. The lowest BCUT2D eigenvalue weighted by molar-refractivity contribution is 0.109. The molecule has 4 nitrogen and oxygen atoms in total. The van der Waals surface area contributed by atoms with Gasteiger partial charge in [-0.15, -0.1) is 0 Å². The molecule has 2 N–H and O–H groups in total. The predicted molar refractivity (Wildman–Crippen MR) is 81.1 cm³/mol. The van der Waals surface area contributed by atoms with Crippen molar-refractivity contribution in [3.63, 3.8) is 0 Å². The Labute approximate surface area is 126 Å². The molecule has 0 aromatic heterocycles. The van der Waals surface area contributed by atoms with E-state index in [1.54, 1.807) is 13.2 Å². The zero-order valence-corrected chi connectivity index (χ0v) is 12.8. The van der Waals surface area contributed by atoms with Crippen LogP contribution in [0.2, 0.25) is 0 Å². The molecule has 1 aromatic carbocycles. The smallest absolute Gasteiger partial charge is 0.123 e. The quantitative estimate of drug-likeness (QED) is 0.759. The van der Waals surface area contributed by atoms with Crippen LogP contribution in [-0.4, -0.2) is 37.7 Å². The first-order valence-corrected chi connectivity index (χ1v) is 7.25. The highest BCUT2D eigenvalue weighted by atomic mass is 19.1. The maximum atomic E-state index is 13.5. The number of hydrogen-bond acceptors (Lipinski definition) is 4. The van der Waals surface area contributed by atoms with Crippen LogP contribution in [0.3, 0.4) is 0 Å². The summed E-state index contributed by atoms with van der Waals surface area (Å²) in [6.07, 6.45) is 1.18. The molecule has 0 aliphatic carbocycles. The minimum absolute atomic E-state index is 0.116. The van der Waals surface area contributed by atoms with E-state index < -0.39 is 0 Å². The van der Waals surface area contributed by atoms with Gasteiger partial charge in [0.1, 0.15) is 5.82 Å². The van der Waals surface area contributed by atoms with Crippen molar-refractivity contribution in [1.82, 2.24) is 4.90 Å². The van der Waals surface area contributed by atoms with Gasteiger partial charge in [-0.1, -0.05) is 19.1 Å². The molecule has 1 rings (SSSR count). The Morgan fingerprint density at radius 2 is 2.19 bits per heavy atom. The molecule has 5 heteroatoms. The molecule has 2 unspecified atom stereocenters. The third-order valence-corrected chi connectivity index (χ3v) is 3.55. The van der Waals surface area contributed by atoms with Gasteiger partial charge in [-0.2, -0.15) is 5.26 Å². The van der Waals surface area contributed by atoms with Gasteiger partial charge in [0, 0.05) is 32.7 Å². The number of hydrogen-bond donors (Lipinski definition) is 1. The molecular weight excluding hydrogens is 269 g/mol. The number of nitrogens with zero attached hydrogens (tertiary/aromatic N) is 2. The molecule has 0 radical (unpaired) electrons. The highest BCUT2D eigenvalue weighted by Gasteiger charge is 2.25. The van der Waals surface area contributed by atoms with Gasteiger partial charge in [0.2, 0.25) is 0 Å². The number of methoxy groups -OCH3 is 1. The van der Waals surface area contributed by atoms with Crippen LogP contribution in [0.4, 0.5) is 4.39 Å². The SMILES string of the molecule is CCC(N)C(c1cccc(F)c1)N(CCC#N)CCOC. The molecule has 0 saturated carbocycles. The van der Waals surface area contributed by atoms with E-state index in [0.717, 1.165) is 12.0 Å². The Kier molecular flexibility index (Phi) is 7.91. The van der Waals surface area contributed by atoms with Crippen molar-refractivity contribution in [1.29, 1.82) is 5.26 Å². The van der Waals surface area contributed by atoms with Crippen molar-refractivity contribution in [2.45, 2.75) is 31.8 Å². The normalized spacial score (nSPS) is 13.9. The number of ether oxygens (including phenoxy) is 1. The Morgan fingerprint density at radius 3 is 2.76 bits per heavy atom. The average molecular weight is 293 g/mol. The first kappa shape index (κ1) is 17.6. The average Bonchev–Trinajstić information content (AvgIpc) is 2.49. The molecule has 21 heavy (non-hydrogen) atoms. The Morgan fingerprint density at radius 1 is 1.43 bits per heavy atom. The number of nitrogens with two attached hydrogens (primary N) is 1. The van der Waals surface area contributed by atoms with Crippen LogP contribution >= 0.6 is 0 Å². The van der Waals surface area contributed by atoms with Crippen molar-refractivity contribution in [2.24, 2.45) is 5.73 Å². The Bertz CT molecular complexity index is 461. The van der Waals surface area contributed by atoms with Crippen LogP contribution in [0.15, 0.2) is 24.3 Å². The van der Waals surface area contributed by atoms with Gasteiger partial charge in [0.05, 0.1) is 18.7 Å². The molecule has 0 aliphatic heterocycles. The molecule has 0 heterocycles. The minimum atomic E-state index is -0.271. The lowest BCUT2D eigenvalue weighted by Crippen LogP contribution is -2.42. The van der Waals surface area contributed by atoms with E-state index in [9.17, 15) is 4.39 Å². The van der Waals surface area contributed by atoms with Gasteiger partial charge in [-0.3, -0.25) is 4.90 Å². The van der Waals surface area contributed by atoms with Crippen molar-refractivity contribution < 1.29 is 9.13 Å². The number of nitriles is 1. The second-order valence-corrected chi connectivity index (χ2v) is 5.01. The van der Waals surface area contributed by atoms with Crippen LogP contribution < -0.4 is 5.73 Å². The van der Waals surface area contributed by atoms with Crippen LogP contribution in [0.1, 0.15) is 31.4 Å². The van der Waals surface area contributed by atoms with Gasteiger partial charge in [0.15, 0.2) is 0 Å². The number of halogens is 1. The van der Waals surface area contributed by atoms with E-state index >= 15 is 0 Å². The second-order valence-electron chi connectivity index (χ2n) is 5.01. The van der Waals surface area contributed by atoms with Gasteiger partial charge in [-0.25, -0.2) is 4.39 Å². The fourth-order valence-corrected chi connectivity index (χ4v) is 2.43. The van der Waals surface area contributed by atoms with E-state index in [1.165, 1.54) is 12.1 Å². The Hall–Kier alpha value is -1.48. The van der Waals surface area contributed by atoms with Gasteiger partial charge in [-0.05, 0) is 24.1 Å². The summed E-state index contributed by atoms with van der Waals surface area (Å²) in [7, 11) is 1.64. The first-order chi connectivity index (χ1) is 10.1. The van der Waals surface area contributed by atoms with E-state index in [2.05, 4.69) is 11.0 Å². The van der Waals surface area contributed by atoms with Gasteiger partial charge >= 0.3 is 0 Å². The highest BCUT2D eigenvalue weighted by Crippen LogP contribution is 2.25. The van der Waals surface area contributed by atoms with E-state index in [-0.39, 0.29) is 17.9 Å². The third-order valence-electron chi connectivity index (χ3n) is 3.55. The zero-order chi connectivity index (χ0) is 15.7. The van der Waals surface area contributed by atoms with Gasteiger partial charge < -0.3 is 10.5 Å². The fourth-order valence-electron chi connectivity index (χ4n) is 2.43. The van der Waals surface area contributed by atoms with Crippen LogP contribution in [0, 0.1) is 17.1 Å². The molecule has 0 bridgehead atoms. The number of rotatable bonds is 9. The zero-order valence-electron chi connectivity index (χ0n) is 12.8. The predicted octanol–water partition coefficient (Wildman–Crippen LogP) is 2.47. The lowest BCUT2D eigenvalue weighted by Gasteiger charge is -2.35. The summed E-state index contributed by atoms with van der Waals surface area (Å²) in [6.45, 7) is 3.81. The summed E-state index contributed by atoms with van der Waals surface area (Å²) in [5.41, 5.74) is 7.10. The molecule has 0 amide bonds. The molecule has 116 valence electrons. The molecular formula is C16H24FN3O. The summed E-state index contributed by atoms with van der Waals surface area (Å²) in [6, 6.07) is 8.43. The highest BCUT2D eigenvalue weighted by molar-refractivity contribution is 5.22. The van der Waals surface area contributed by atoms with E-state index in [1.807, 2.05) is 13.0 Å². The maximum Gasteiger partial charge on any atom is 0.123 e. The molecule has 2 atom stereocenters. The van der Waals surface area contributed by atoms with Gasteiger partial charge in [0.25, 0.3) is 0 Å². The summed E-state index contributed by atoms with van der Waals surface area (Å²) >= 11 is 0. The second kappa shape index (κ2) is 9.46. The third kappa shape index (κ3) is 5.43. The monoisotopic (exact) mass is 293 g/mol. The van der Waals surface area contributed by atoms with Crippen LogP contribution in [-0.2, 0) is 4.74 Å². The summed E-state index contributed by atoms with van der Waals surface area (Å²) in [4.78, 5) is 2.11. The maximum absolute atomic E-state index is 13.5. The largest absolute Gasteiger partial charge is 0.383 e. The minimum Gasteiger partial charge on any atom is -0.383 e. The first-order valence-electron chi connectivity index (χ1n) is 7.25. The number of benzene rings is 1. The fraction of sp³-hybridized carbons (Fsp3) is 0.562. The summed E-state index contributed by atoms with van der Waals surface area (Å²) < 4.78 is 18.7. The van der Waals surface area contributed by atoms with E-state index in [4.69, 9.17) is 15.7 Å². The molecule has 1 aromatic rings. The lowest BCUT2D eigenvalue weighted by atomic mass is 9.96. The van der Waals surface area contributed by atoms with Crippen LogP contribution in [0.25, 0.3) is 0 Å². The molecule has 0 aliphatic rings. The molecule has 0 saturated heterocycles. The topological polar surface area (TPSA) is 62.3 Å².